The Labute approximate surface area is 103 Å². The van der Waals surface area contributed by atoms with Crippen molar-refractivity contribution in [2.24, 2.45) is 0 Å². The highest BCUT2D eigenvalue weighted by Gasteiger charge is 2.18. The number of hydrogen-bond acceptors (Lipinski definition) is 2. The monoisotopic (exact) mass is 257 g/mol. The fourth-order valence-corrected chi connectivity index (χ4v) is 2.05. The number of halogens is 2. The first-order valence-electron chi connectivity index (χ1n) is 4.61. The maximum absolute atomic E-state index is 10.4. The van der Waals surface area contributed by atoms with Crippen LogP contribution in [-0.4, -0.2) is 11.1 Å². The molecular formula is C11H9Cl2NO2. The van der Waals surface area contributed by atoms with E-state index in [0.29, 0.717) is 15.6 Å². The largest absolute Gasteiger partial charge is 0.481 e. The van der Waals surface area contributed by atoms with Gasteiger partial charge in [0.25, 0.3) is 0 Å². The summed E-state index contributed by atoms with van der Waals surface area (Å²) >= 11 is 11.9. The molecule has 0 aromatic heterocycles. The van der Waals surface area contributed by atoms with Gasteiger partial charge in [0, 0.05) is 22.0 Å². The smallest absolute Gasteiger partial charge is 0.303 e. The van der Waals surface area contributed by atoms with Crippen LogP contribution in [0.3, 0.4) is 0 Å². The van der Waals surface area contributed by atoms with Gasteiger partial charge in [0.1, 0.15) is 0 Å². The quantitative estimate of drug-likeness (QED) is 0.899. The van der Waals surface area contributed by atoms with Gasteiger partial charge in [0.15, 0.2) is 0 Å². The van der Waals surface area contributed by atoms with Crippen molar-refractivity contribution in [3.05, 3.63) is 33.8 Å². The highest BCUT2D eigenvalue weighted by atomic mass is 35.5. The van der Waals surface area contributed by atoms with Crippen LogP contribution in [0.15, 0.2) is 18.2 Å². The van der Waals surface area contributed by atoms with Crippen LogP contribution in [0.1, 0.15) is 24.3 Å². The maximum atomic E-state index is 10.4. The lowest BCUT2D eigenvalue weighted by Gasteiger charge is -2.11. The molecule has 0 bridgehead atoms. The van der Waals surface area contributed by atoms with Crippen LogP contribution in [0.2, 0.25) is 10.0 Å². The van der Waals surface area contributed by atoms with Crippen molar-refractivity contribution in [2.75, 3.05) is 0 Å². The highest BCUT2D eigenvalue weighted by molar-refractivity contribution is 6.36. The van der Waals surface area contributed by atoms with Gasteiger partial charge in [-0.25, -0.2) is 0 Å². The zero-order chi connectivity index (χ0) is 12.1. The van der Waals surface area contributed by atoms with Gasteiger partial charge in [-0.05, 0) is 18.6 Å². The van der Waals surface area contributed by atoms with Crippen molar-refractivity contribution in [2.45, 2.75) is 18.8 Å². The lowest BCUT2D eigenvalue weighted by Crippen LogP contribution is -2.02. The minimum absolute atomic E-state index is 0.0836. The molecule has 3 nitrogen and oxygen atoms in total. The van der Waals surface area contributed by atoms with Crippen molar-refractivity contribution in [1.82, 2.24) is 0 Å². The molecular weight excluding hydrogens is 249 g/mol. The Morgan fingerprint density at radius 1 is 1.44 bits per heavy atom. The van der Waals surface area contributed by atoms with Crippen LogP contribution in [0.25, 0.3) is 0 Å². The molecule has 0 aliphatic carbocycles. The molecule has 1 aromatic rings. The Kier molecular flexibility index (Phi) is 4.60. The summed E-state index contributed by atoms with van der Waals surface area (Å²) in [4.78, 5) is 10.4. The number of nitriles is 1. The zero-order valence-electron chi connectivity index (χ0n) is 8.28. The first kappa shape index (κ1) is 12.8. The van der Waals surface area contributed by atoms with E-state index in [1.807, 2.05) is 6.07 Å². The number of carbonyl (C=O) groups is 1. The van der Waals surface area contributed by atoms with E-state index in [4.69, 9.17) is 33.6 Å². The van der Waals surface area contributed by atoms with Gasteiger partial charge in [-0.2, -0.15) is 5.26 Å². The lowest BCUT2D eigenvalue weighted by atomic mass is 9.95. The van der Waals surface area contributed by atoms with Gasteiger partial charge in [0.2, 0.25) is 0 Å². The van der Waals surface area contributed by atoms with Crippen LogP contribution in [0.4, 0.5) is 0 Å². The van der Waals surface area contributed by atoms with E-state index in [2.05, 4.69) is 0 Å². The molecule has 16 heavy (non-hydrogen) atoms. The van der Waals surface area contributed by atoms with Crippen molar-refractivity contribution in [3.8, 4) is 6.07 Å². The molecule has 1 N–H and O–H groups in total. The molecule has 0 saturated heterocycles. The average Bonchev–Trinajstić information content (AvgIpc) is 2.22. The van der Waals surface area contributed by atoms with E-state index in [-0.39, 0.29) is 12.8 Å². The van der Waals surface area contributed by atoms with Crippen LogP contribution in [0, 0.1) is 11.3 Å². The first-order chi connectivity index (χ1) is 7.56. The normalized spacial score (nSPS) is 11.8. The third-order valence-corrected chi connectivity index (χ3v) is 2.81. The molecule has 0 saturated carbocycles. The standard InChI is InChI=1S/C11H9Cl2NO2/c12-8-2-1-3-9(13)11(8)7(6-14)4-5-10(15)16/h1-3,7H,4-5H2,(H,15,16). The molecule has 1 atom stereocenters. The van der Waals surface area contributed by atoms with Crippen LogP contribution < -0.4 is 0 Å². The number of carboxylic acid groups (broad SMARTS) is 1. The zero-order valence-corrected chi connectivity index (χ0v) is 9.79. The Bertz CT molecular complexity index is 420. The topological polar surface area (TPSA) is 61.1 Å². The van der Waals surface area contributed by atoms with Gasteiger partial charge in [-0.3, -0.25) is 4.79 Å². The second-order valence-corrected chi connectivity index (χ2v) is 4.06. The van der Waals surface area contributed by atoms with Crippen molar-refractivity contribution < 1.29 is 9.90 Å². The molecule has 1 unspecified atom stereocenters. The predicted octanol–water partition coefficient (Wildman–Crippen LogP) is 3.47. The summed E-state index contributed by atoms with van der Waals surface area (Å²) in [5.74, 6) is -1.53. The second kappa shape index (κ2) is 5.74. The van der Waals surface area contributed by atoms with E-state index in [1.165, 1.54) is 0 Å². The lowest BCUT2D eigenvalue weighted by molar-refractivity contribution is -0.137. The van der Waals surface area contributed by atoms with Crippen LogP contribution in [-0.2, 0) is 4.79 Å². The first-order valence-corrected chi connectivity index (χ1v) is 5.37. The molecule has 0 aliphatic heterocycles. The molecule has 0 fully saturated rings. The minimum Gasteiger partial charge on any atom is -0.481 e. The van der Waals surface area contributed by atoms with E-state index >= 15 is 0 Å². The van der Waals surface area contributed by atoms with Crippen molar-refractivity contribution >= 4 is 29.2 Å². The number of carboxylic acids is 1. The SMILES string of the molecule is N#CC(CCC(=O)O)c1c(Cl)cccc1Cl. The highest BCUT2D eigenvalue weighted by Crippen LogP contribution is 2.33. The summed E-state index contributed by atoms with van der Waals surface area (Å²) in [6.45, 7) is 0. The van der Waals surface area contributed by atoms with E-state index < -0.39 is 11.9 Å². The summed E-state index contributed by atoms with van der Waals surface area (Å²) in [7, 11) is 0. The van der Waals surface area contributed by atoms with Crippen LogP contribution >= 0.6 is 23.2 Å². The van der Waals surface area contributed by atoms with E-state index in [0.717, 1.165) is 0 Å². The summed E-state index contributed by atoms with van der Waals surface area (Å²) in [5, 5.41) is 18.3. The average molecular weight is 258 g/mol. The number of benzene rings is 1. The maximum Gasteiger partial charge on any atom is 0.303 e. The number of hydrogen-bond donors (Lipinski definition) is 1. The Hall–Kier alpha value is -1.24. The minimum atomic E-state index is -0.941. The molecule has 5 heteroatoms. The molecule has 84 valence electrons. The Morgan fingerprint density at radius 2 is 2.00 bits per heavy atom. The number of nitrogens with zero attached hydrogens (tertiary/aromatic N) is 1. The molecule has 0 spiro atoms. The van der Waals surface area contributed by atoms with Gasteiger partial charge in [-0.15, -0.1) is 0 Å². The molecule has 0 radical (unpaired) electrons. The van der Waals surface area contributed by atoms with Crippen molar-refractivity contribution in [3.63, 3.8) is 0 Å². The fraction of sp³-hybridized carbons (Fsp3) is 0.273. The summed E-state index contributed by atoms with van der Waals surface area (Å²) in [6.07, 6.45) is 0.120. The molecule has 1 aromatic carbocycles. The summed E-state index contributed by atoms with van der Waals surface area (Å²) < 4.78 is 0. The summed E-state index contributed by atoms with van der Waals surface area (Å²) in [5.41, 5.74) is 0.509. The predicted molar refractivity (Wildman–Crippen MR) is 61.7 cm³/mol. The van der Waals surface area contributed by atoms with Gasteiger partial charge >= 0.3 is 5.97 Å². The molecule has 0 heterocycles. The summed E-state index contributed by atoms with van der Waals surface area (Å²) in [6, 6.07) is 6.97. The van der Waals surface area contributed by atoms with Gasteiger partial charge in [0.05, 0.1) is 12.0 Å². The molecule has 1 rings (SSSR count). The van der Waals surface area contributed by atoms with E-state index in [1.54, 1.807) is 18.2 Å². The van der Waals surface area contributed by atoms with E-state index in [9.17, 15) is 4.79 Å². The van der Waals surface area contributed by atoms with Gasteiger partial charge in [-0.1, -0.05) is 29.3 Å². The van der Waals surface area contributed by atoms with Gasteiger partial charge < -0.3 is 5.11 Å². The number of rotatable bonds is 4. The molecule has 0 aliphatic rings. The third kappa shape index (κ3) is 3.13. The Balaban J connectivity index is 2.96. The third-order valence-electron chi connectivity index (χ3n) is 2.15. The second-order valence-electron chi connectivity index (χ2n) is 3.25. The fourth-order valence-electron chi connectivity index (χ4n) is 1.38. The molecule has 0 amide bonds. The number of aliphatic carboxylic acids is 1. The van der Waals surface area contributed by atoms with Crippen LogP contribution in [0.5, 0.6) is 0 Å². The Morgan fingerprint density at radius 3 is 2.44 bits per heavy atom. The van der Waals surface area contributed by atoms with Crippen molar-refractivity contribution in [1.29, 1.82) is 5.26 Å².